The van der Waals surface area contributed by atoms with Crippen molar-refractivity contribution in [2.24, 2.45) is 0 Å². The fourth-order valence-corrected chi connectivity index (χ4v) is 2.01. The number of H-pyrrole nitrogens is 1. The molecular formula is C7H9NO2S3Zn. The number of rotatable bonds is 0. The molecule has 1 aromatic carbocycles. The van der Waals surface area contributed by atoms with E-state index in [1.165, 1.54) is 4.70 Å². The number of aromatic nitrogens is 1. The van der Waals surface area contributed by atoms with Crippen LogP contribution in [-0.2, 0) is 25.0 Å². The van der Waals surface area contributed by atoms with Crippen LogP contribution in [0.2, 0.25) is 0 Å². The molecule has 0 bridgehead atoms. The van der Waals surface area contributed by atoms with Crippen molar-refractivity contribution in [3.8, 4) is 0 Å². The second-order valence-electron chi connectivity index (χ2n) is 2.01. The van der Waals surface area contributed by atoms with Crippen LogP contribution >= 0.6 is 37.1 Å². The summed E-state index contributed by atoms with van der Waals surface area (Å²) >= 11 is 6.59. The topological polar surface area (TPSA) is 75.8 Å². The first-order chi connectivity index (χ1) is 4.86. The molecule has 0 saturated heterocycles. The molecule has 0 aliphatic carbocycles. The molecule has 0 aliphatic heterocycles. The summed E-state index contributed by atoms with van der Waals surface area (Å²) in [6.07, 6.45) is 0. The zero-order chi connectivity index (χ0) is 6.97. The molecule has 74 valence electrons. The smallest absolute Gasteiger partial charge is 2.00 e. The van der Waals surface area contributed by atoms with Gasteiger partial charge in [-0.2, -0.15) is 13.5 Å². The van der Waals surface area contributed by atoms with E-state index < -0.39 is 0 Å². The Hall–Kier alpha value is 0.223. The van der Waals surface area contributed by atoms with Gasteiger partial charge in [0.05, 0.1) is 10.2 Å². The summed E-state index contributed by atoms with van der Waals surface area (Å²) in [5, 5.41) is 0. The Balaban J connectivity index is -0.000000302. The van der Waals surface area contributed by atoms with Gasteiger partial charge in [0.1, 0.15) is 0 Å². The van der Waals surface area contributed by atoms with Crippen molar-refractivity contribution in [1.82, 2.24) is 4.98 Å². The van der Waals surface area contributed by atoms with Crippen LogP contribution in [0.15, 0.2) is 24.3 Å². The largest absolute Gasteiger partial charge is 2.00 e. The van der Waals surface area contributed by atoms with Crippen LogP contribution in [-0.4, -0.2) is 10.5 Å². The average Bonchev–Trinajstić information content (AvgIpc) is 2.27. The summed E-state index contributed by atoms with van der Waals surface area (Å²) in [6.45, 7) is 0. The first kappa shape index (κ1) is 19.7. The summed E-state index contributed by atoms with van der Waals surface area (Å²) in [4.78, 5) is 3.09. The van der Waals surface area contributed by atoms with Gasteiger partial charge < -0.3 is 15.9 Å². The van der Waals surface area contributed by atoms with Crippen LogP contribution in [0.25, 0.3) is 10.2 Å². The monoisotopic (exact) mass is 299 g/mol. The van der Waals surface area contributed by atoms with Crippen molar-refractivity contribution in [2.45, 2.75) is 0 Å². The molecule has 0 spiro atoms. The Kier molecular flexibility index (Phi) is 12.0. The van der Waals surface area contributed by atoms with E-state index in [2.05, 4.69) is 11.1 Å². The van der Waals surface area contributed by atoms with Crippen LogP contribution in [0.1, 0.15) is 0 Å². The Morgan fingerprint density at radius 2 is 1.79 bits per heavy atom. The van der Waals surface area contributed by atoms with Gasteiger partial charge in [0.2, 0.25) is 0 Å². The third kappa shape index (κ3) is 4.17. The van der Waals surface area contributed by atoms with Crippen LogP contribution in [0, 0.1) is 3.95 Å². The third-order valence-corrected chi connectivity index (χ3v) is 2.54. The van der Waals surface area contributed by atoms with Crippen molar-refractivity contribution < 1.29 is 30.4 Å². The number of nitrogens with one attached hydrogen (secondary N) is 1. The number of para-hydroxylation sites is 1. The maximum atomic E-state index is 4.98. The van der Waals surface area contributed by atoms with Gasteiger partial charge in [0.25, 0.3) is 0 Å². The SMILES string of the molecule is O.S.S=c1[nH]c2ccccc2s1.[O-2].[Zn+2]. The second-order valence-corrected chi connectivity index (χ2v) is 3.73. The third-order valence-electron chi connectivity index (χ3n) is 1.33. The van der Waals surface area contributed by atoms with Crippen molar-refractivity contribution >= 4 is 47.3 Å². The second kappa shape index (κ2) is 8.53. The first-order valence-electron chi connectivity index (χ1n) is 2.94. The van der Waals surface area contributed by atoms with Gasteiger partial charge in [-0.25, -0.2) is 0 Å². The molecule has 1 aromatic heterocycles. The van der Waals surface area contributed by atoms with Crippen LogP contribution in [0.3, 0.4) is 0 Å². The zero-order valence-electron chi connectivity index (χ0n) is 7.24. The minimum absolute atomic E-state index is 0. The Bertz CT molecular complexity index is 378. The molecule has 0 unspecified atom stereocenters. The van der Waals surface area contributed by atoms with Gasteiger partial charge in [-0.05, 0) is 24.4 Å². The van der Waals surface area contributed by atoms with E-state index in [0.717, 1.165) is 9.47 Å². The molecule has 0 amide bonds. The molecule has 3 N–H and O–H groups in total. The summed E-state index contributed by atoms with van der Waals surface area (Å²) in [6, 6.07) is 8.11. The predicted octanol–water partition coefficient (Wildman–Crippen LogP) is 2.13. The van der Waals surface area contributed by atoms with Crippen molar-refractivity contribution in [3.05, 3.63) is 28.2 Å². The van der Waals surface area contributed by atoms with Crippen molar-refractivity contribution in [2.75, 3.05) is 0 Å². The Morgan fingerprint density at radius 1 is 1.21 bits per heavy atom. The van der Waals surface area contributed by atoms with Crippen molar-refractivity contribution in [3.63, 3.8) is 0 Å². The molecule has 7 heteroatoms. The summed E-state index contributed by atoms with van der Waals surface area (Å²) in [7, 11) is 0. The van der Waals surface area contributed by atoms with Gasteiger partial charge in [-0.1, -0.05) is 12.1 Å². The van der Waals surface area contributed by atoms with Crippen LogP contribution in [0.4, 0.5) is 0 Å². The Labute approximate surface area is 110 Å². The summed E-state index contributed by atoms with van der Waals surface area (Å²) in [5.74, 6) is 0. The van der Waals surface area contributed by atoms with Gasteiger partial charge in [-0.3, -0.25) is 0 Å². The number of hydrogen-bond donors (Lipinski definition) is 1. The minimum Gasteiger partial charge on any atom is -2.00 e. The average molecular weight is 301 g/mol. The fraction of sp³-hybridized carbons (Fsp3) is 0. The number of aromatic amines is 1. The van der Waals surface area contributed by atoms with Gasteiger partial charge in [-0.15, -0.1) is 11.3 Å². The van der Waals surface area contributed by atoms with Gasteiger partial charge in [0, 0.05) is 0 Å². The van der Waals surface area contributed by atoms with E-state index in [1.54, 1.807) is 11.3 Å². The normalized spacial score (nSPS) is 7.43. The predicted molar refractivity (Wildman–Crippen MR) is 61.7 cm³/mol. The maximum Gasteiger partial charge on any atom is 2.00 e. The zero-order valence-corrected chi connectivity index (χ0v) is 12.8. The van der Waals surface area contributed by atoms with E-state index in [9.17, 15) is 0 Å². The van der Waals surface area contributed by atoms with Crippen LogP contribution in [0.5, 0.6) is 0 Å². The van der Waals surface area contributed by atoms with Crippen molar-refractivity contribution in [1.29, 1.82) is 0 Å². The number of thiazole rings is 1. The molecule has 0 aliphatic rings. The number of benzene rings is 1. The van der Waals surface area contributed by atoms with Crippen LogP contribution < -0.4 is 0 Å². The Morgan fingerprint density at radius 3 is 2.36 bits per heavy atom. The number of fused-ring (bicyclic) bond motifs is 1. The molecule has 0 fully saturated rings. The molecule has 0 radical (unpaired) electrons. The molecule has 0 atom stereocenters. The minimum atomic E-state index is 0. The number of hydrogen-bond acceptors (Lipinski definition) is 2. The fourth-order valence-electron chi connectivity index (χ4n) is 0.894. The first-order valence-corrected chi connectivity index (χ1v) is 4.16. The molecule has 14 heavy (non-hydrogen) atoms. The maximum absolute atomic E-state index is 4.98. The summed E-state index contributed by atoms with van der Waals surface area (Å²) in [5.41, 5.74) is 1.14. The molecule has 3 nitrogen and oxygen atoms in total. The van der Waals surface area contributed by atoms with Gasteiger partial charge in [0.15, 0.2) is 3.95 Å². The molecule has 2 rings (SSSR count). The molecular weight excluding hydrogens is 292 g/mol. The molecule has 1 heterocycles. The standard InChI is InChI=1S/C7H5NS2.H2O.O.H2S.Zn/c9-7-8-5-3-1-2-4-6(5)10-7;;;;/h1-4H,(H,8,9);1H2;;1H2;/q;;-2;;+2. The molecule has 0 saturated carbocycles. The van der Waals surface area contributed by atoms with E-state index >= 15 is 0 Å². The van der Waals surface area contributed by atoms with E-state index in [4.69, 9.17) is 12.2 Å². The van der Waals surface area contributed by atoms with Gasteiger partial charge >= 0.3 is 19.5 Å². The van der Waals surface area contributed by atoms with E-state index in [0.29, 0.717) is 0 Å². The summed E-state index contributed by atoms with van der Waals surface area (Å²) < 4.78 is 2.08. The van der Waals surface area contributed by atoms with E-state index in [-0.39, 0.29) is 43.9 Å². The molecule has 2 aromatic rings. The van der Waals surface area contributed by atoms with E-state index in [1.807, 2.05) is 18.2 Å². The quantitative estimate of drug-likeness (QED) is 0.587.